The molecular formula is C63H106N12O2. The van der Waals surface area contributed by atoms with Gasteiger partial charge in [0.1, 0.15) is 0 Å². The van der Waals surface area contributed by atoms with Gasteiger partial charge in [-0.05, 0) is 278 Å². The van der Waals surface area contributed by atoms with Crippen LogP contribution in [0.4, 0.5) is 0 Å². The van der Waals surface area contributed by atoms with Gasteiger partial charge >= 0.3 is 0 Å². The van der Waals surface area contributed by atoms with Crippen LogP contribution in [0.3, 0.4) is 0 Å². The van der Waals surface area contributed by atoms with E-state index in [4.69, 9.17) is 9.97 Å². The van der Waals surface area contributed by atoms with Crippen LogP contribution >= 0.6 is 0 Å². The Morgan fingerprint density at radius 3 is 1.06 bits per heavy atom. The standard InChI is InChI=1S/C62H102N12O2.CH4/c1-9-49-45(5)53-41-54-47(7)51(25-27-61(75)69-39-23-21-37-67-35-19-17-33-65-31-15-13-29-63-11-3)59(73-54)44-60-52(48(8)56(74-60)43-58-50(10-2)46(6)55(72-58)42-57(49)71-53)26-28-62(76)70-40-24-22-38-68-36-20-18-34-66-32-16-14-30-64-12-4;/h41-44,63-68,71-72H,9-40H2,1-8H3,(H,69,75)(H,70,76);1H4. The number of H-pyrrole nitrogens is 2. The number of aryl methyl sites for hydroxylation is 4. The Hall–Kier alpha value is -4.70. The molecule has 2 amide bonds. The zero-order valence-electron chi connectivity index (χ0n) is 48.6. The minimum Gasteiger partial charge on any atom is -0.356 e. The smallest absolute Gasteiger partial charge is 0.220 e. The highest BCUT2D eigenvalue weighted by atomic mass is 16.2. The van der Waals surface area contributed by atoms with Gasteiger partial charge in [0.15, 0.2) is 0 Å². The van der Waals surface area contributed by atoms with Crippen molar-refractivity contribution in [1.29, 1.82) is 0 Å². The van der Waals surface area contributed by atoms with Crippen molar-refractivity contribution in [1.82, 2.24) is 62.5 Å². The largest absolute Gasteiger partial charge is 0.356 e. The summed E-state index contributed by atoms with van der Waals surface area (Å²) in [6, 6.07) is 8.74. The molecule has 2 aliphatic rings. The van der Waals surface area contributed by atoms with Crippen molar-refractivity contribution >= 4 is 56.2 Å². The fourth-order valence-electron chi connectivity index (χ4n) is 10.5. The van der Waals surface area contributed by atoms with Crippen molar-refractivity contribution in [3.8, 4) is 0 Å². The summed E-state index contributed by atoms with van der Waals surface area (Å²) >= 11 is 0. The molecule has 10 N–H and O–H groups in total. The van der Waals surface area contributed by atoms with Crippen LogP contribution in [-0.4, -0.2) is 123 Å². The summed E-state index contributed by atoms with van der Waals surface area (Å²) in [4.78, 5) is 45.1. The van der Waals surface area contributed by atoms with Gasteiger partial charge in [-0.15, -0.1) is 0 Å². The Labute approximate surface area is 465 Å². The lowest BCUT2D eigenvalue weighted by Gasteiger charge is -2.09. The van der Waals surface area contributed by atoms with Crippen molar-refractivity contribution in [2.45, 2.75) is 178 Å². The number of aromatic nitrogens is 4. The molecule has 5 heterocycles. The lowest BCUT2D eigenvalue weighted by atomic mass is 9.98. The third-order valence-electron chi connectivity index (χ3n) is 15.2. The Balaban J connectivity index is 0.0000128. The number of rotatable bonds is 40. The van der Waals surface area contributed by atoms with Gasteiger partial charge in [-0.2, -0.15) is 0 Å². The number of hydrogen-bond acceptors (Lipinski definition) is 10. The van der Waals surface area contributed by atoms with Gasteiger partial charge in [0.2, 0.25) is 11.8 Å². The van der Waals surface area contributed by atoms with E-state index in [1.54, 1.807) is 0 Å². The molecule has 5 rings (SSSR count). The second kappa shape index (κ2) is 37.2. The van der Waals surface area contributed by atoms with E-state index in [1.165, 1.54) is 73.6 Å². The van der Waals surface area contributed by atoms with Gasteiger partial charge in [0.25, 0.3) is 0 Å². The third-order valence-corrected chi connectivity index (χ3v) is 15.2. The molecule has 77 heavy (non-hydrogen) atoms. The van der Waals surface area contributed by atoms with Crippen LogP contribution < -0.4 is 42.5 Å². The van der Waals surface area contributed by atoms with E-state index in [-0.39, 0.29) is 19.2 Å². The van der Waals surface area contributed by atoms with Crippen molar-refractivity contribution in [3.63, 3.8) is 0 Å². The van der Waals surface area contributed by atoms with Crippen LogP contribution in [0.1, 0.15) is 197 Å². The van der Waals surface area contributed by atoms with E-state index in [2.05, 4.69) is 132 Å². The number of amides is 2. The number of unbranched alkanes of at least 4 members (excludes halogenated alkanes) is 6. The first kappa shape index (κ1) is 64.8. The lowest BCUT2D eigenvalue weighted by molar-refractivity contribution is -0.121. The third kappa shape index (κ3) is 21.8. The Morgan fingerprint density at radius 2 is 0.714 bits per heavy atom. The van der Waals surface area contributed by atoms with E-state index in [9.17, 15) is 9.59 Å². The first-order chi connectivity index (χ1) is 37.1. The monoisotopic (exact) mass is 1060 g/mol. The van der Waals surface area contributed by atoms with Gasteiger partial charge in [-0.3, -0.25) is 9.59 Å². The number of carbonyl (C=O) groups excluding carboxylic acids is 2. The maximum absolute atomic E-state index is 13.4. The quantitative estimate of drug-likeness (QED) is 0.0246. The predicted molar refractivity (Wildman–Crippen MR) is 329 cm³/mol. The van der Waals surface area contributed by atoms with Crippen molar-refractivity contribution in [2.24, 2.45) is 0 Å². The molecule has 0 fully saturated rings. The van der Waals surface area contributed by atoms with Gasteiger partial charge in [-0.1, -0.05) is 35.1 Å². The topological polar surface area (TPSA) is 188 Å². The molecule has 0 unspecified atom stereocenters. The molecule has 0 atom stereocenters. The summed E-state index contributed by atoms with van der Waals surface area (Å²) in [7, 11) is 0. The number of fused-ring (bicyclic) bond motifs is 8. The molecule has 0 aromatic carbocycles. The van der Waals surface area contributed by atoms with Crippen LogP contribution in [0.25, 0.3) is 44.4 Å². The van der Waals surface area contributed by atoms with Crippen molar-refractivity contribution in [3.05, 3.63) is 69.3 Å². The molecule has 8 bridgehead atoms. The van der Waals surface area contributed by atoms with E-state index in [1.807, 2.05) is 0 Å². The molecule has 3 aromatic heterocycles. The summed E-state index contributed by atoms with van der Waals surface area (Å²) in [6.07, 6.45) is 17.2. The minimum absolute atomic E-state index is 0. The van der Waals surface area contributed by atoms with E-state index in [0.717, 1.165) is 184 Å². The van der Waals surface area contributed by atoms with E-state index >= 15 is 0 Å². The average molecular weight is 1060 g/mol. The van der Waals surface area contributed by atoms with Crippen LogP contribution in [-0.2, 0) is 22.4 Å². The second-order valence-corrected chi connectivity index (χ2v) is 21.0. The number of nitrogens with zero attached hydrogens (tertiary/aromatic N) is 2. The molecule has 2 aliphatic heterocycles. The molecule has 14 heteroatoms. The Kier molecular flexibility index (Phi) is 31.3. The number of nitrogens with one attached hydrogen (secondary N) is 10. The van der Waals surface area contributed by atoms with Crippen LogP contribution in [0, 0.1) is 13.8 Å². The normalized spacial score (nSPS) is 12.5. The molecule has 0 spiro atoms. The highest BCUT2D eigenvalue weighted by Gasteiger charge is 2.23. The number of allylic oxidation sites excluding steroid dienone is 4. The second-order valence-electron chi connectivity index (χ2n) is 21.0. The summed E-state index contributed by atoms with van der Waals surface area (Å²) in [6.45, 7) is 31.4. The molecule has 3 aromatic rings. The SMILES string of the molecule is C.CCNCCCCNCCCCNCCCCNC(=O)CCC1=C(C)c2cc3[nH]c(cc4[nH]c(cc5nc(cc1n2)C(CCC(=O)NCCCCNCCCCNCCCCNCC)=C5C)c(CC)c4C)c(CC)c3C. The molecule has 0 saturated carbocycles. The Bertz CT molecular complexity index is 2470. The maximum atomic E-state index is 13.4. The Morgan fingerprint density at radius 1 is 0.403 bits per heavy atom. The number of carbonyl (C=O) groups is 2. The summed E-state index contributed by atoms with van der Waals surface area (Å²) < 4.78 is 0. The lowest BCUT2D eigenvalue weighted by Crippen LogP contribution is -2.25. The fourth-order valence-corrected chi connectivity index (χ4v) is 10.5. The van der Waals surface area contributed by atoms with Crippen molar-refractivity contribution in [2.75, 3.05) is 91.6 Å². The van der Waals surface area contributed by atoms with Crippen LogP contribution in [0.5, 0.6) is 0 Å². The van der Waals surface area contributed by atoms with Crippen LogP contribution in [0.2, 0.25) is 0 Å². The summed E-state index contributed by atoms with van der Waals surface area (Å²) in [5.74, 6) is 0.112. The average Bonchev–Trinajstić information content (AvgIpc) is 4.11. The molecule has 430 valence electrons. The van der Waals surface area contributed by atoms with Gasteiger partial charge in [-0.25, -0.2) is 9.97 Å². The highest BCUT2D eigenvalue weighted by Crippen LogP contribution is 2.38. The first-order valence-electron chi connectivity index (χ1n) is 30.0. The maximum Gasteiger partial charge on any atom is 0.220 e. The van der Waals surface area contributed by atoms with Gasteiger partial charge in [0.05, 0.1) is 22.8 Å². The molecule has 0 saturated heterocycles. The fraction of sp³-hybridized carbons (Fsp3) is 0.651. The van der Waals surface area contributed by atoms with Gasteiger partial charge in [0, 0.05) is 48.0 Å². The van der Waals surface area contributed by atoms with Gasteiger partial charge < -0.3 is 52.5 Å². The van der Waals surface area contributed by atoms with E-state index < -0.39 is 0 Å². The molecular weight excluding hydrogens is 957 g/mol. The van der Waals surface area contributed by atoms with Crippen molar-refractivity contribution < 1.29 is 9.59 Å². The van der Waals surface area contributed by atoms with Crippen LogP contribution in [0.15, 0.2) is 24.3 Å². The highest BCUT2D eigenvalue weighted by molar-refractivity contribution is 5.97. The first-order valence-corrected chi connectivity index (χ1v) is 30.0. The molecule has 0 aliphatic carbocycles. The predicted octanol–water partition coefficient (Wildman–Crippen LogP) is 10.6. The number of aromatic amines is 2. The summed E-state index contributed by atoms with van der Waals surface area (Å²) in [5, 5.41) is 27.5. The van der Waals surface area contributed by atoms with E-state index in [0.29, 0.717) is 38.8 Å². The molecule has 14 nitrogen and oxygen atoms in total. The molecule has 0 radical (unpaired) electrons. The zero-order chi connectivity index (χ0) is 54.3. The number of hydrogen-bond donors (Lipinski definition) is 10. The zero-order valence-corrected chi connectivity index (χ0v) is 48.6. The summed E-state index contributed by atoms with van der Waals surface area (Å²) in [5.41, 5.74) is 17.0. The minimum atomic E-state index is 0.